The Balaban J connectivity index is 1.61. The summed E-state index contributed by atoms with van der Waals surface area (Å²) in [5, 5.41) is 0. The van der Waals surface area contributed by atoms with Crippen LogP contribution in [-0.4, -0.2) is 24.5 Å². The average molecular weight is 471 g/mol. The molecule has 0 aliphatic rings. The normalized spacial score (nSPS) is 10.2. The first-order chi connectivity index (χ1) is 16.9. The van der Waals surface area contributed by atoms with E-state index in [1.807, 2.05) is 12.1 Å². The molecule has 0 unspecified atom stereocenters. The number of aryl methyl sites for hydroxylation is 1. The van der Waals surface area contributed by atoms with Crippen LogP contribution in [0.3, 0.4) is 0 Å². The third kappa shape index (κ3) is 7.01. The second-order valence-corrected chi connectivity index (χ2v) is 7.55. The fraction of sp³-hybridized carbons (Fsp3) is 0.138. The van der Waals surface area contributed by atoms with Gasteiger partial charge in [-0.15, -0.1) is 0 Å². The highest BCUT2D eigenvalue weighted by atomic mass is 16.6. The molecule has 6 nitrogen and oxygen atoms in total. The zero-order chi connectivity index (χ0) is 25.2. The van der Waals surface area contributed by atoms with Crippen molar-refractivity contribution < 1.29 is 28.6 Å². The van der Waals surface area contributed by atoms with Crippen LogP contribution in [0.4, 0.5) is 0 Å². The Morgan fingerprint density at radius 2 is 1.29 bits per heavy atom. The van der Waals surface area contributed by atoms with Crippen molar-refractivity contribution in [3.63, 3.8) is 0 Å². The van der Waals surface area contributed by atoms with Gasteiger partial charge in [0.2, 0.25) is 0 Å². The number of hydrogen-bond acceptors (Lipinski definition) is 6. The highest BCUT2D eigenvalue weighted by Gasteiger charge is 2.13. The molecule has 3 aromatic rings. The topological polar surface area (TPSA) is 78.9 Å². The molecular weight excluding hydrogens is 444 g/mol. The predicted molar refractivity (Wildman–Crippen MR) is 133 cm³/mol. The second kappa shape index (κ2) is 12.1. The molecule has 0 heterocycles. The molecule has 35 heavy (non-hydrogen) atoms. The molecule has 0 fully saturated rings. The minimum Gasteiger partial charge on any atom is -0.462 e. The maximum Gasteiger partial charge on any atom is 0.338 e. The Hall–Kier alpha value is -4.45. The van der Waals surface area contributed by atoms with Gasteiger partial charge in [-0.25, -0.2) is 14.4 Å². The summed E-state index contributed by atoms with van der Waals surface area (Å²) in [5.74, 6) is -1.71. The molecule has 0 aliphatic heterocycles. The maximum absolute atomic E-state index is 12.5. The van der Waals surface area contributed by atoms with Gasteiger partial charge in [-0.1, -0.05) is 62.5 Å². The summed E-state index contributed by atoms with van der Waals surface area (Å²) in [7, 11) is 0. The van der Waals surface area contributed by atoms with E-state index in [-0.39, 0.29) is 18.1 Å². The molecule has 3 rings (SSSR count). The molecule has 3 aromatic carbocycles. The van der Waals surface area contributed by atoms with Crippen LogP contribution in [0.15, 0.2) is 92.0 Å². The van der Waals surface area contributed by atoms with Gasteiger partial charge in [-0.2, -0.15) is 0 Å². The van der Waals surface area contributed by atoms with Gasteiger partial charge in [-0.05, 0) is 52.9 Å². The lowest BCUT2D eigenvalue weighted by Gasteiger charge is -2.11. The summed E-state index contributed by atoms with van der Waals surface area (Å²) >= 11 is 0. The number of esters is 3. The minimum absolute atomic E-state index is 0.0523. The lowest BCUT2D eigenvalue weighted by Crippen LogP contribution is -2.10. The lowest BCUT2D eigenvalue weighted by molar-refractivity contribution is -0.131. The summed E-state index contributed by atoms with van der Waals surface area (Å²) in [5.41, 5.74) is 4.54. The molecule has 6 heteroatoms. The molecule has 0 saturated carbocycles. The molecule has 178 valence electrons. The number of rotatable bonds is 10. The van der Waals surface area contributed by atoms with Gasteiger partial charge in [0.15, 0.2) is 11.5 Å². The third-order valence-corrected chi connectivity index (χ3v) is 5.20. The van der Waals surface area contributed by atoms with Crippen molar-refractivity contribution in [2.45, 2.75) is 19.8 Å². The number of carbonyl (C=O) groups excluding carboxylic acids is 3. The van der Waals surface area contributed by atoms with E-state index < -0.39 is 17.9 Å². The van der Waals surface area contributed by atoms with Gasteiger partial charge in [0, 0.05) is 18.6 Å². The predicted octanol–water partition coefficient (Wildman–Crippen LogP) is 5.50. The molecule has 0 aromatic heterocycles. The minimum atomic E-state index is -0.700. The fourth-order valence-electron chi connectivity index (χ4n) is 3.25. The largest absolute Gasteiger partial charge is 0.462 e. The Bertz CT molecular complexity index is 1220. The quantitative estimate of drug-likeness (QED) is 0.221. The SMILES string of the molecule is C=CC(=O)Oc1ccc(CCOC(=O)c2ccc(-c3ccc(CC)cc3)cc2)cc1OC(=O)C=C. The van der Waals surface area contributed by atoms with E-state index in [1.165, 1.54) is 11.6 Å². The van der Waals surface area contributed by atoms with E-state index in [0.717, 1.165) is 29.7 Å². The van der Waals surface area contributed by atoms with Crippen molar-refractivity contribution in [2.24, 2.45) is 0 Å². The van der Waals surface area contributed by atoms with Gasteiger partial charge in [0.1, 0.15) is 0 Å². The summed E-state index contributed by atoms with van der Waals surface area (Å²) in [6, 6.07) is 20.3. The van der Waals surface area contributed by atoms with E-state index in [9.17, 15) is 14.4 Å². The van der Waals surface area contributed by atoms with Crippen LogP contribution in [0, 0.1) is 0 Å². The van der Waals surface area contributed by atoms with Crippen molar-refractivity contribution in [1.29, 1.82) is 0 Å². The summed E-state index contributed by atoms with van der Waals surface area (Å²) in [4.78, 5) is 35.6. The molecule has 0 atom stereocenters. The Kier molecular flexibility index (Phi) is 8.73. The van der Waals surface area contributed by atoms with Crippen LogP contribution < -0.4 is 9.47 Å². The number of benzene rings is 3. The average Bonchev–Trinajstić information content (AvgIpc) is 2.89. The van der Waals surface area contributed by atoms with Crippen LogP contribution in [0.25, 0.3) is 11.1 Å². The molecule has 0 saturated heterocycles. The van der Waals surface area contributed by atoms with Gasteiger partial charge < -0.3 is 14.2 Å². The first-order valence-electron chi connectivity index (χ1n) is 11.1. The van der Waals surface area contributed by atoms with Crippen LogP contribution in [0.5, 0.6) is 11.5 Å². The molecule has 0 aliphatic carbocycles. The van der Waals surface area contributed by atoms with Crippen molar-refractivity contribution >= 4 is 17.9 Å². The van der Waals surface area contributed by atoms with Crippen molar-refractivity contribution in [3.05, 3.63) is 109 Å². The van der Waals surface area contributed by atoms with E-state index in [1.54, 1.807) is 24.3 Å². The second-order valence-electron chi connectivity index (χ2n) is 7.55. The Labute approximate surface area is 204 Å². The molecule has 0 bridgehead atoms. The van der Waals surface area contributed by atoms with Gasteiger partial charge >= 0.3 is 17.9 Å². The zero-order valence-electron chi connectivity index (χ0n) is 19.5. The molecule has 0 spiro atoms. The molecular formula is C29H26O6. The van der Waals surface area contributed by atoms with Crippen molar-refractivity contribution in [2.75, 3.05) is 6.61 Å². The van der Waals surface area contributed by atoms with E-state index >= 15 is 0 Å². The first kappa shape index (κ1) is 25.2. The fourth-order valence-corrected chi connectivity index (χ4v) is 3.25. The van der Waals surface area contributed by atoms with Gasteiger partial charge in [0.25, 0.3) is 0 Å². The Morgan fingerprint density at radius 1 is 0.743 bits per heavy atom. The first-order valence-corrected chi connectivity index (χ1v) is 11.1. The van der Waals surface area contributed by atoms with Crippen LogP contribution >= 0.6 is 0 Å². The van der Waals surface area contributed by atoms with E-state index in [2.05, 4.69) is 44.3 Å². The zero-order valence-corrected chi connectivity index (χ0v) is 19.5. The van der Waals surface area contributed by atoms with E-state index in [0.29, 0.717) is 17.5 Å². The third-order valence-electron chi connectivity index (χ3n) is 5.20. The highest BCUT2D eigenvalue weighted by Crippen LogP contribution is 2.29. The summed E-state index contributed by atoms with van der Waals surface area (Å²) in [6.45, 7) is 8.92. The monoisotopic (exact) mass is 470 g/mol. The molecule has 0 radical (unpaired) electrons. The maximum atomic E-state index is 12.5. The highest BCUT2D eigenvalue weighted by molar-refractivity contribution is 5.90. The van der Waals surface area contributed by atoms with Crippen LogP contribution in [0.2, 0.25) is 0 Å². The number of hydrogen-bond donors (Lipinski definition) is 0. The molecule has 0 amide bonds. The standard InChI is InChI=1S/C29H26O6/c1-4-20-7-10-22(11-8-20)23-12-14-24(15-13-23)29(32)33-18-17-21-9-16-25(34-27(30)5-2)26(19-21)35-28(31)6-3/h5-16,19H,2-4,17-18H2,1H3. The van der Waals surface area contributed by atoms with Crippen molar-refractivity contribution in [1.82, 2.24) is 0 Å². The smallest absolute Gasteiger partial charge is 0.338 e. The van der Waals surface area contributed by atoms with E-state index in [4.69, 9.17) is 14.2 Å². The summed E-state index contributed by atoms with van der Waals surface area (Å²) < 4.78 is 15.7. The Morgan fingerprint density at radius 3 is 1.86 bits per heavy atom. The van der Waals surface area contributed by atoms with Crippen LogP contribution in [-0.2, 0) is 27.2 Å². The lowest BCUT2D eigenvalue weighted by atomic mass is 10.0. The van der Waals surface area contributed by atoms with Gasteiger partial charge in [0.05, 0.1) is 12.2 Å². The molecule has 0 N–H and O–H groups in total. The van der Waals surface area contributed by atoms with Gasteiger partial charge in [-0.3, -0.25) is 0 Å². The summed E-state index contributed by atoms with van der Waals surface area (Å²) in [6.07, 6.45) is 3.35. The number of ether oxygens (including phenoxy) is 3. The van der Waals surface area contributed by atoms with Crippen LogP contribution in [0.1, 0.15) is 28.4 Å². The van der Waals surface area contributed by atoms with Crippen molar-refractivity contribution in [3.8, 4) is 22.6 Å². The number of carbonyl (C=O) groups is 3.